The molecule has 0 spiro atoms. The fourth-order valence-electron chi connectivity index (χ4n) is 1.75. The number of allylic oxidation sites excluding steroid dienone is 2. The minimum absolute atomic E-state index is 0.103. The molecule has 0 radical (unpaired) electrons. The van der Waals surface area contributed by atoms with Gasteiger partial charge < -0.3 is 5.11 Å². The molecule has 0 saturated heterocycles. The van der Waals surface area contributed by atoms with Crippen LogP contribution in [-0.4, -0.2) is 10.9 Å². The van der Waals surface area contributed by atoms with Gasteiger partial charge in [0.2, 0.25) is 0 Å². The molecule has 0 aliphatic heterocycles. The zero-order valence-corrected chi connectivity index (χ0v) is 13.4. The number of hydrogen-bond donors (Lipinski definition) is 1. The second-order valence-electron chi connectivity index (χ2n) is 6.06. The van der Waals surface area contributed by atoms with Gasteiger partial charge in [-0.05, 0) is 37.0 Å². The second-order valence-corrected chi connectivity index (χ2v) is 7.08. The first-order chi connectivity index (χ1) is 8.70. The maximum atomic E-state index is 9.94. The van der Waals surface area contributed by atoms with E-state index in [1.807, 2.05) is 13.0 Å². The van der Waals surface area contributed by atoms with Crippen molar-refractivity contribution in [2.75, 3.05) is 5.75 Å². The van der Waals surface area contributed by atoms with Crippen LogP contribution >= 0.6 is 11.8 Å². The zero-order valence-electron chi connectivity index (χ0n) is 12.6. The SMILES string of the molecule is C=C(C)/C=C(/C)CSc1cc(C(C)(C)C)ccc1O. The molecule has 0 fully saturated rings. The van der Waals surface area contributed by atoms with Crippen LogP contribution in [0.3, 0.4) is 0 Å². The van der Waals surface area contributed by atoms with Crippen molar-refractivity contribution in [3.63, 3.8) is 0 Å². The molecule has 0 aliphatic rings. The van der Waals surface area contributed by atoms with E-state index in [-0.39, 0.29) is 5.41 Å². The highest BCUT2D eigenvalue weighted by atomic mass is 32.2. The monoisotopic (exact) mass is 276 g/mol. The van der Waals surface area contributed by atoms with Gasteiger partial charge in [0.05, 0.1) is 0 Å². The zero-order chi connectivity index (χ0) is 14.6. The van der Waals surface area contributed by atoms with E-state index in [0.29, 0.717) is 5.75 Å². The van der Waals surface area contributed by atoms with Gasteiger partial charge in [0.25, 0.3) is 0 Å². The van der Waals surface area contributed by atoms with Crippen LogP contribution in [0, 0.1) is 0 Å². The van der Waals surface area contributed by atoms with E-state index in [0.717, 1.165) is 16.2 Å². The third kappa shape index (κ3) is 5.15. The Morgan fingerprint density at radius 3 is 2.47 bits per heavy atom. The molecule has 104 valence electrons. The molecule has 0 aliphatic carbocycles. The molecule has 0 atom stereocenters. The molecule has 19 heavy (non-hydrogen) atoms. The number of phenolic OH excluding ortho intramolecular Hbond substituents is 1. The Bertz CT molecular complexity index is 492. The average molecular weight is 276 g/mol. The number of benzene rings is 1. The summed E-state index contributed by atoms with van der Waals surface area (Å²) < 4.78 is 0. The van der Waals surface area contributed by atoms with Crippen LogP contribution < -0.4 is 0 Å². The van der Waals surface area contributed by atoms with Gasteiger partial charge in [-0.25, -0.2) is 0 Å². The Labute approximate surface area is 121 Å². The maximum absolute atomic E-state index is 9.94. The Morgan fingerprint density at radius 1 is 1.32 bits per heavy atom. The molecule has 1 aromatic rings. The summed E-state index contributed by atoms with van der Waals surface area (Å²) in [6.07, 6.45) is 2.08. The molecular weight excluding hydrogens is 252 g/mol. The van der Waals surface area contributed by atoms with E-state index < -0.39 is 0 Å². The van der Waals surface area contributed by atoms with Crippen molar-refractivity contribution < 1.29 is 5.11 Å². The molecule has 2 heteroatoms. The Hall–Kier alpha value is -1.15. The van der Waals surface area contributed by atoms with E-state index in [1.54, 1.807) is 17.8 Å². The minimum atomic E-state index is 0.103. The summed E-state index contributed by atoms with van der Waals surface area (Å²) in [5.74, 6) is 1.23. The highest BCUT2D eigenvalue weighted by molar-refractivity contribution is 7.99. The molecule has 0 amide bonds. The molecule has 1 rings (SSSR count). The van der Waals surface area contributed by atoms with Crippen LogP contribution in [0.25, 0.3) is 0 Å². The lowest BCUT2D eigenvalue weighted by Gasteiger charge is -2.20. The molecule has 0 bridgehead atoms. The highest BCUT2D eigenvalue weighted by Gasteiger charge is 2.15. The van der Waals surface area contributed by atoms with E-state index in [2.05, 4.69) is 46.4 Å². The Morgan fingerprint density at radius 2 is 1.95 bits per heavy atom. The van der Waals surface area contributed by atoms with Gasteiger partial charge in [-0.1, -0.05) is 50.6 Å². The number of thioether (sulfide) groups is 1. The number of phenols is 1. The highest BCUT2D eigenvalue weighted by Crippen LogP contribution is 2.34. The third-order valence-electron chi connectivity index (χ3n) is 2.77. The van der Waals surface area contributed by atoms with E-state index in [4.69, 9.17) is 0 Å². The standard InChI is InChI=1S/C17H24OS/c1-12(2)9-13(3)11-19-16-10-14(17(4,5)6)7-8-15(16)18/h7-10,18H,1,11H2,2-6H3/b13-9-. The van der Waals surface area contributed by atoms with Crippen LogP contribution in [0.4, 0.5) is 0 Å². The summed E-state index contributed by atoms with van der Waals surface area (Å²) in [6, 6.07) is 5.88. The number of aromatic hydroxyl groups is 1. The van der Waals surface area contributed by atoms with Crippen LogP contribution in [0.2, 0.25) is 0 Å². The first kappa shape index (κ1) is 15.9. The predicted molar refractivity (Wildman–Crippen MR) is 86.1 cm³/mol. The molecule has 0 saturated carbocycles. The molecule has 1 nitrogen and oxygen atoms in total. The van der Waals surface area contributed by atoms with Crippen molar-refractivity contribution in [1.29, 1.82) is 0 Å². The fourth-order valence-corrected chi connectivity index (χ4v) is 2.64. The first-order valence-electron chi connectivity index (χ1n) is 6.49. The maximum Gasteiger partial charge on any atom is 0.129 e. The van der Waals surface area contributed by atoms with Gasteiger partial charge in [-0.15, -0.1) is 11.8 Å². The molecule has 1 aromatic carbocycles. The Balaban J connectivity index is 2.87. The van der Waals surface area contributed by atoms with Crippen molar-refractivity contribution in [2.45, 2.75) is 44.9 Å². The van der Waals surface area contributed by atoms with E-state index in [1.165, 1.54) is 11.1 Å². The average Bonchev–Trinajstić information content (AvgIpc) is 2.25. The van der Waals surface area contributed by atoms with Crippen molar-refractivity contribution in [2.24, 2.45) is 0 Å². The fraction of sp³-hybridized carbons (Fsp3) is 0.412. The van der Waals surface area contributed by atoms with Gasteiger partial charge in [-0.3, -0.25) is 0 Å². The molecule has 1 N–H and O–H groups in total. The lowest BCUT2D eigenvalue weighted by atomic mass is 9.87. The topological polar surface area (TPSA) is 20.2 Å². The number of rotatable bonds is 4. The normalized spacial score (nSPS) is 12.6. The smallest absolute Gasteiger partial charge is 0.129 e. The van der Waals surface area contributed by atoms with Gasteiger partial charge in [-0.2, -0.15) is 0 Å². The van der Waals surface area contributed by atoms with Crippen molar-refractivity contribution in [1.82, 2.24) is 0 Å². The summed E-state index contributed by atoms with van der Waals surface area (Å²) in [6.45, 7) is 14.5. The quantitative estimate of drug-likeness (QED) is 0.594. The summed E-state index contributed by atoms with van der Waals surface area (Å²) in [4.78, 5) is 0.946. The lowest BCUT2D eigenvalue weighted by Crippen LogP contribution is -2.10. The predicted octanol–water partition coefficient (Wildman–Crippen LogP) is 5.30. The van der Waals surface area contributed by atoms with Gasteiger partial charge in [0.1, 0.15) is 5.75 Å². The first-order valence-corrected chi connectivity index (χ1v) is 7.47. The van der Waals surface area contributed by atoms with E-state index >= 15 is 0 Å². The lowest BCUT2D eigenvalue weighted by molar-refractivity contribution is 0.460. The van der Waals surface area contributed by atoms with Crippen molar-refractivity contribution >= 4 is 11.8 Å². The van der Waals surface area contributed by atoms with Crippen molar-refractivity contribution in [3.8, 4) is 5.75 Å². The summed E-state index contributed by atoms with van der Waals surface area (Å²) >= 11 is 1.67. The van der Waals surface area contributed by atoms with Crippen molar-refractivity contribution in [3.05, 3.63) is 47.6 Å². The van der Waals surface area contributed by atoms with E-state index in [9.17, 15) is 5.11 Å². The van der Waals surface area contributed by atoms with Crippen LogP contribution in [0.15, 0.2) is 46.9 Å². The van der Waals surface area contributed by atoms with Crippen LogP contribution in [-0.2, 0) is 5.41 Å². The molecule has 0 heterocycles. The van der Waals surface area contributed by atoms with Crippen LogP contribution in [0.1, 0.15) is 40.2 Å². The molecule has 0 aromatic heterocycles. The molecular formula is C17H24OS. The van der Waals surface area contributed by atoms with Gasteiger partial charge >= 0.3 is 0 Å². The minimum Gasteiger partial charge on any atom is -0.507 e. The third-order valence-corrected chi connectivity index (χ3v) is 4.01. The summed E-state index contributed by atoms with van der Waals surface area (Å²) in [5.41, 5.74) is 3.67. The number of hydrogen-bond acceptors (Lipinski definition) is 2. The second kappa shape index (κ2) is 6.33. The summed E-state index contributed by atoms with van der Waals surface area (Å²) in [5, 5.41) is 9.94. The van der Waals surface area contributed by atoms with Gasteiger partial charge in [0.15, 0.2) is 0 Å². The molecule has 0 unspecified atom stereocenters. The Kier molecular flexibility index (Phi) is 5.30. The van der Waals surface area contributed by atoms with Crippen LogP contribution in [0.5, 0.6) is 5.75 Å². The largest absolute Gasteiger partial charge is 0.507 e. The van der Waals surface area contributed by atoms with Gasteiger partial charge in [0, 0.05) is 10.6 Å². The summed E-state index contributed by atoms with van der Waals surface area (Å²) in [7, 11) is 0.